The molecule has 2 atom stereocenters. The standard InChI is InChI=1S/C12H14ClNO3/c1-2-9(8-15)12(7-14(16)17)10-3-5-11(13)6-4-10/h3-6,8-9,12H,2,7H2,1H3/t9-,12?/m1/s1. The lowest BCUT2D eigenvalue weighted by molar-refractivity contribution is -0.484. The maximum absolute atomic E-state index is 11.0. The fourth-order valence-corrected chi connectivity index (χ4v) is 1.96. The SMILES string of the molecule is CC[C@H](C=O)C(C[N+](=O)[O-])c1ccc(Cl)cc1. The predicted octanol–water partition coefficient (Wildman–Crippen LogP) is 2.93. The summed E-state index contributed by atoms with van der Waals surface area (Å²) in [5.74, 6) is -0.716. The molecule has 1 aromatic carbocycles. The molecule has 92 valence electrons. The van der Waals surface area contributed by atoms with Gasteiger partial charge in [-0.2, -0.15) is 0 Å². The fraction of sp³-hybridized carbons (Fsp3) is 0.417. The number of benzene rings is 1. The van der Waals surface area contributed by atoms with Crippen molar-refractivity contribution in [1.29, 1.82) is 0 Å². The van der Waals surface area contributed by atoms with Gasteiger partial charge in [-0.1, -0.05) is 30.7 Å². The van der Waals surface area contributed by atoms with Gasteiger partial charge < -0.3 is 4.79 Å². The summed E-state index contributed by atoms with van der Waals surface area (Å²) in [4.78, 5) is 21.2. The molecule has 0 saturated carbocycles. The summed E-state index contributed by atoms with van der Waals surface area (Å²) in [7, 11) is 0. The lowest BCUT2D eigenvalue weighted by atomic mass is 9.85. The van der Waals surface area contributed by atoms with Crippen molar-refractivity contribution in [1.82, 2.24) is 0 Å². The van der Waals surface area contributed by atoms with Crippen LogP contribution in [0.15, 0.2) is 24.3 Å². The first-order chi connectivity index (χ1) is 8.08. The van der Waals surface area contributed by atoms with Crippen LogP contribution in [0.25, 0.3) is 0 Å². The van der Waals surface area contributed by atoms with Gasteiger partial charge in [0.25, 0.3) is 0 Å². The summed E-state index contributed by atoms with van der Waals surface area (Å²) in [6, 6.07) is 6.84. The minimum atomic E-state index is -0.384. The Morgan fingerprint density at radius 3 is 2.41 bits per heavy atom. The Morgan fingerprint density at radius 2 is 2.00 bits per heavy atom. The fourth-order valence-electron chi connectivity index (χ4n) is 1.83. The molecule has 0 aromatic heterocycles. The van der Waals surface area contributed by atoms with Crippen LogP contribution in [-0.4, -0.2) is 17.8 Å². The van der Waals surface area contributed by atoms with E-state index in [2.05, 4.69) is 0 Å². The van der Waals surface area contributed by atoms with Gasteiger partial charge in [0.2, 0.25) is 6.54 Å². The minimum Gasteiger partial charge on any atom is -0.303 e. The van der Waals surface area contributed by atoms with Gasteiger partial charge in [-0.3, -0.25) is 10.1 Å². The van der Waals surface area contributed by atoms with Crippen LogP contribution in [0.3, 0.4) is 0 Å². The molecular formula is C12H14ClNO3. The first-order valence-electron chi connectivity index (χ1n) is 5.41. The number of carbonyl (C=O) groups excluding carboxylic acids is 1. The maximum Gasteiger partial charge on any atom is 0.211 e. The summed E-state index contributed by atoms with van der Waals surface area (Å²) >= 11 is 5.77. The quantitative estimate of drug-likeness (QED) is 0.446. The highest BCUT2D eigenvalue weighted by Gasteiger charge is 2.26. The van der Waals surface area contributed by atoms with Crippen molar-refractivity contribution < 1.29 is 9.72 Å². The van der Waals surface area contributed by atoms with Gasteiger partial charge in [-0.05, 0) is 24.1 Å². The second kappa shape index (κ2) is 6.35. The lowest BCUT2D eigenvalue weighted by Gasteiger charge is -2.18. The Kier molecular flexibility index (Phi) is 5.10. The van der Waals surface area contributed by atoms with Gasteiger partial charge in [0, 0.05) is 15.9 Å². The van der Waals surface area contributed by atoms with Crippen molar-refractivity contribution in [3.8, 4) is 0 Å². The molecule has 0 heterocycles. The van der Waals surface area contributed by atoms with Crippen LogP contribution in [0, 0.1) is 16.0 Å². The van der Waals surface area contributed by atoms with Gasteiger partial charge in [0.1, 0.15) is 6.29 Å². The monoisotopic (exact) mass is 255 g/mol. The molecule has 0 spiro atoms. The van der Waals surface area contributed by atoms with Crippen molar-refractivity contribution in [2.45, 2.75) is 19.3 Å². The molecule has 0 radical (unpaired) electrons. The van der Waals surface area contributed by atoms with Crippen LogP contribution in [0.4, 0.5) is 0 Å². The number of aldehydes is 1. The van der Waals surface area contributed by atoms with E-state index in [4.69, 9.17) is 11.6 Å². The van der Waals surface area contributed by atoms with E-state index in [1.54, 1.807) is 24.3 Å². The van der Waals surface area contributed by atoms with Crippen LogP contribution < -0.4 is 0 Å². The summed E-state index contributed by atoms with van der Waals surface area (Å²) in [5.41, 5.74) is 0.782. The average Bonchev–Trinajstić information content (AvgIpc) is 2.30. The van der Waals surface area contributed by atoms with Gasteiger partial charge in [-0.25, -0.2) is 0 Å². The molecule has 0 N–H and O–H groups in total. The molecule has 4 nitrogen and oxygen atoms in total. The van der Waals surface area contributed by atoms with Crippen molar-refractivity contribution >= 4 is 17.9 Å². The van der Waals surface area contributed by atoms with Crippen LogP contribution in [0.2, 0.25) is 5.02 Å². The first kappa shape index (κ1) is 13.6. The van der Waals surface area contributed by atoms with E-state index < -0.39 is 0 Å². The zero-order valence-corrected chi connectivity index (χ0v) is 10.3. The van der Waals surface area contributed by atoms with Crippen molar-refractivity contribution in [2.75, 3.05) is 6.54 Å². The molecule has 0 aliphatic carbocycles. The Balaban J connectivity index is 3.00. The summed E-state index contributed by atoms with van der Waals surface area (Å²) in [5, 5.41) is 11.2. The van der Waals surface area contributed by atoms with Crippen LogP contribution >= 0.6 is 11.6 Å². The zero-order valence-electron chi connectivity index (χ0n) is 9.51. The van der Waals surface area contributed by atoms with E-state index in [0.717, 1.165) is 11.8 Å². The molecule has 0 fully saturated rings. The maximum atomic E-state index is 11.0. The molecule has 17 heavy (non-hydrogen) atoms. The Morgan fingerprint density at radius 1 is 1.41 bits per heavy atom. The zero-order chi connectivity index (χ0) is 12.8. The van der Waals surface area contributed by atoms with E-state index in [9.17, 15) is 14.9 Å². The number of hydrogen-bond acceptors (Lipinski definition) is 3. The molecule has 0 bridgehead atoms. The second-order valence-electron chi connectivity index (χ2n) is 3.88. The molecule has 0 aliphatic rings. The Labute approximate surface area is 105 Å². The summed E-state index contributed by atoms with van der Waals surface area (Å²) in [6.07, 6.45) is 1.38. The molecular weight excluding hydrogens is 242 g/mol. The van der Waals surface area contributed by atoms with E-state index >= 15 is 0 Å². The molecule has 0 amide bonds. The van der Waals surface area contributed by atoms with Crippen LogP contribution in [0.1, 0.15) is 24.8 Å². The molecule has 0 aliphatic heterocycles. The molecule has 0 saturated heterocycles. The number of halogens is 1. The molecule has 1 aromatic rings. The van der Waals surface area contributed by atoms with Crippen molar-refractivity contribution in [3.63, 3.8) is 0 Å². The van der Waals surface area contributed by atoms with Crippen molar-refractivity contribution in [3.05, 3.63) is 45.0 Å². The van der Waals surface area contributed by atoms with E-state index in [-0.39, 0.29) is 23.3 Å². The normalized spacial score (nSPS) is 14.0. The number of nitrogens with zero attached hydrogens (tertiary/aromatic N) is 1. The largest absolute Gasteiger partial charge is 0.303 e. The third-order valence-corrected chi connectivity index (χ3v) is 3.06. The highest BCUT2D eigenvalue weighted by Crippen LogP contribution is 2.27. The lowest BCUT2D eigenvalue weighted by Crippen LogP contribution is -2.22. The molecule has 5 heteroatoms. The summed E-state index contributed by atoms with van der Waals surface area (Å²) < 4.78 is 0. The van der Waals surface area contributed by atoms with Gasteiger partial charge in [0.05, 0.1) is 5.92 Å². The number of rotatable bonds is 6. The molecule has 1 rings (SSSR count). The Bertz CT molecular complexity index is 391. The minimum absolute atomic E-state index is 0.237. The topological polar surface area (TPSA) is 60.2 Å². The third kappa shape index (κ3) is 3.82. The third-order valence-electron chi connectivity index (χ3n) is 2.81. The first-order valence-corrected chi connectivity index (χ1v) is 5.78. The number of hydrogen-bond donors (Lipinski definition) is 0. The Hall–Kier alpha value is -1.42. The average molecular weight is 256 g/mol. The summed E-state index contributed by atoms with van der Waals surface area (Å²) in [6.45, 7) is 1.61. The predicted molar refractivity (Wildman–Crippen MR) is 65.9 cm³/mol. The van der Waals surface area contributed by atoms with E-state index in [0.29, 0.717) is 11.4 Å². The highest BCUT2D eigenvalue weighted by molar-refractivity contribution is 6.30. The van der Waals surface area contributed by atoms with Gasteiger partial charge >= 0.3 is 0 Å². The van der Waals surface area contributed by atoms with Crippen LogP contribution in [-0.2, 0) is 4.79 Å². The molecule has 1 unspecified atom stereocenters. The smallest absolute Gasteiger partial charge is 0.211 e. The van der Waals surface area contributed by atoms with E-state index in [1.165, 1.54) is 0 Å². The van der Waals surface area contributed by atoms with Gasteiger partial charge in [0.15, 0.2) is 0 Å². The van der Waals surface area contributed by atoms with E-state index in [1.807, 2.05) is 6.92 Å². The highest BCUT2D eigenvalue weighted by atomic mass is 35.5. The van der Waals surface area contributed by atoms with Crippen LogP contribution in [0.5, 0.6) is 0 Å². The van der Waals surface area contributed by atoms with Gasteiger partial charge in [-0.15, -0.1) is 0 Å². The second-order valence-corrected chi connectivity index (χ2v) is 4.32. The van der Waals surface area contributed by atoms with Crippen molar-refractivity contribution in [2.24, 2.45) is 5.92 Å². The number of nitro groups is 1. The number of carbonyl (C=O) groups is 1.